The zero-order valence-electron chi connectivity index (χ0n) is 11.7. The Morgan fingerprint density at radius 2 is 2.11 bits per heavy atom. The monoisotopic (exact) mass is 248 g/mol. The molecule has 1 fully saturated rings. The summed E-state index contributed by atoms with van der Waals surface area (Å²) in [5.74, 6) is 1.09. The highest BCUT2D eigenvalue weighted by Gasteiger charge is 2.24. The highest BCUT2D eigenvalue weighted by atomic mass is 16.3. The molecule has 3 heteroatoms. The Balaban J connectivity index is 2.16. The highest BCUT2D eigenvalue weighted by molar-refractivity contribution is 5.47. The van der Waals surface area contributed by atoms with Gasteiger partial charge in [0.1, 0.15) is 5.82 Å². The van der Waals surface area contributed by atoms with Crippen LogP contribution in [-0.2, 0) is 6.61 Å². The summed E-state index contributed by atoms with van der Waals surface area (Å²) in [6.45, 7) is 9.03. The van der Waals surface area contributed by atoms with Crippen LogP contribution in [0, 0.1) is 12.3 Å². The first-order valence-electron chi connectivity index (χ1n) is 6.83. The third kappa shape index (κ3) is 3.02. The van der Waals surface area contributed by atoms with Gasteiger partial charge in [0.05, 0.1) is 6.61 Å². The summed E-state index contributed by atoms with van der Waals surface area (Å²) in [5, 5.41) is 9.12. The Labute approximate surface area is 110 Å². The van der Waals surface area contributed by atoms with Gasteiger partial charge in [-0.2, -0.15) is 0 Å². The van der Waals surface area contributed by atoms with Crippen molar-refractivity contribution >= 4 is 5.82 Å². The predicted octanol–water partition coefficient (Wildman–Crippen LogP) is 2.90. The van der Waals surface area contributed by atoms with Crippen molar-refractivity contribution in [3.8, 4) is 0 Å². The molecule has 0 unspecified atom stereocenters. The standard InChI is InChI=1S/C15H24N2O/c1-12-9-13(11-18)10-16-14(12)17-7-4-5-15(2,3)6-8-17/h9-10,18H,4-8,11H2,1-3H3. The maximum absolute atomic E-state index is 9.12. The molecular formula is C15H24N2O. The van der Waals surface area contributed by atoms with Crippen molar-refractivity contribution in [1.82, 2.24) is 4.98 Å². The van der Waals surface area contributed by atoms with E-state index in [0.29, 0.717) is 5.41 Å². The topological polar surface area (TPSA) is 36.4 Å². The second kappa shape index (κ2) is 5.27. The molecule has 18 heavy (non-hydrogen) atoms. The van der Waals surface area contributed by atoms with Gasteiger partial charge < -0.3 is 10.0 Å². The molecule has 0 aromatic carbocycles. The summed E-state index contributed by atoms with van der Waals surface area (Å²) < 4.78 is 0. The van der Waals surface area contributed by atoms with Gasteiger partial charge in [-0.25, -0.2) is 4.98 Å². The summed E-state index contributed by atoms with van der Waals surface area (Å²) >= 11 is 0. The first kappa shape index (κ1) is 13.3. The number of aryl methyl sites for hydroxylation is 1. The molecule has 1 aromatic heterocycles. The molecule has 0 saturated carbocycles. The predicted molar refractivity (Wildman–Crippen MR) is 74.7 cm³/mol. The van der Waals surface area contributed by atoms with E-state index in [4.69, 9.17) is 5.11 Å². The Kier molecular flexibility index (Phi) is 3.91. The minimum atomic E-state index is 0.0706. The van der Waals surface area contributed by atoms with Crippen LogP contribution in [0.3, 0.4) is 0 Å². The number of pyridine rings is 1. The fraction of sp³-hybridized carbons (Fsp3) is 0.667. The molecule has 0 atom stereocenters. The van der Waals surface area contributed by atoms with Crippen LogP contribution in [-0.4, -0.2) is 23.2 Å². The molecule has 3 nitrogen and oxygen atoms in total. The van der Waals surface area contributed by atoms with Crippen molar-refractivity contribution in [1.29, 1.82) is 0 Å². The Morgan fingerprint density at radius 3 is 2.78 bits per heavy atom. The molecular weight excluding hydrogens is 224 g/mol. The van der Waals surface area contributed by atoms with Gasteiger partial charge in [-0.05, 0) is 48.8 Å². The Morgan fingerprint density at radius 1 is 1.33 bits per heavy atom. The summed E-state index contributed by atoms with van der Waals surface area (Å²) in [5.41, 5.74) is 2.51. The third-order valence-electron chi connectivity index (χ3n) is 3.93. The van der Waals surface area contributed by atoms with E-state index in [1.165, 1.54) is 24.8 Å². The van der Waals surface area contributed by atoms with Crippen LogP contribution in [0.5, 0.6) is 0 Å². The van der Waals surface area contributed by atoms with Gasteiger partial charge in [-0.3, -0.25) is 0 Å². The largest absolute Gasteiger partial charge is 0.392 e. The fourth-order valence-corrected chi connectivity index (χ4v) is 2.68. The summed E-state index contributed by atoms with van der Waals surface area (Å²) in [7, 11) is 0. The number of rotatable bonds is 2. The molecule has 100 valence electrons. The van der Waals surface area contributed by atoms with Gasteiger partial charge in [0.15, 0.2) is 0 Å². The second-order valence-corrected chi connectivity index (χ2v) is 6.15. The van der Waals surface area contributed by atoms with Crippen LogP contribution in [0.2, 0.25) is 0 Å². The molecule has 1 aliphatic rings. The van der Waals surface area contributed by atoms with E-state index in [0.717, 1.165) is 24.5 Å². The minimum absolute atomic E-state index is 0.0706. The lowest BCUT2D eigenvalue weighted by Gasteiger charge is -2.25. The van der Waals surface area contributed by atoms with Crippen LogP contribution < -0.4 is 4.90 Å². The van der Waals surface area contributed by atoms with E-state index in [-0.39, 0.29) is 6.61 Å². The molecule has 1 aromatic rings. The molecule has 1 N–H and O–H groups in total. The van der Waals surface area contributed by atoms with Gasteiger partial charge in [0, 0.05) is 19.3 Å². The number of nitrogens with zero attached hydrogens (tertiary/aromatic N) is 2. The number of anilines is 1. The van der Waals surface area contributed by atoms with Gasteiger partial charge in [0.2, 0.25) is 0 Å². The zero-order chi connectivity index (χ0) is 13.2. The summed E-state index contributed by atoms with van der Waals surface area (Å²) in [4.78, 5) is 6.92. The molecule has 2 heterocycles. The SMILES string of the molecule is Cc1cc(CO)cnc1N1CCCC(C)(C)CC1. The molecule has 1 saturated heterocycles. The minimum Gasteiger partial charge on any atom is -0.392 e. The van der Waals surface area contributed by atoms with Gasteiger partial charge in [-0.1, -0.05) is 13.8 Å². The Bertz CT molecular complexity index is 415. The number of aromatic nitrogens is 1. The van der Waals surface area contributed by atoms with Gasteiger partial charge in [0.25, 0.3) is 0 Å². The van der Waals surface area contributed by atoms with E-state index in [1.54, 1.807) is 6.20 Å². The summed E-state index contributed by atoms with van der Waals surface area (Å²) in [6, 6.07) is 2.04. The van der Waals surface area contributed by atoms with Gasteiger partial charge >= 0.3 is 0 Å². The molecule has 0 bridgehead atoms. The maximum atomic E-state index is 9.12. The van der Waals surface area contributed by atoms with E-state index < -0.39 is 0 Å². The van der Waals surface area contributed by atoms with Crippen molar-refractivity contribution in [2.75, 3.05) is 18.0 Å². The molecule has 2 rings (SSSR count). The average molecular weight is 248 g/mol. The number of hydrogen-bond acceptors (Lipinski definition) is 3. The van der Waals surface area contributed by atoms with E-state index in [9.17, 15) is 0 Å². The van der Waals surface area contributed by atoms with Crippen LogP contribution in [0.25, 0.3) is 0 Å². The number of hydrogen-bond donors (Lipinski definition) is 1. The van der Waals surface area contributed by atoms with E-state index >= 15 is 0 Å². The highest BCUT2D eigenvalue weighted by Crippen LogP contribution is 2.31. The van der Waals surface area contributed by atoms with Crippen molar-refractivity contribution in [3.63, 3.8) is 0 Å². The van der Waals surface area contributed by atoms with E-state index in [1.807, 2.05) is 6.07 Å². The number of aliphatic hydroxyl groups excluding tert-OH is 1. The lowest BCUT2D eigenvalue weighted by molar-refractivity contribution is 0.281. The second-order valence-electron chi connectivity index (χ2n) is 6.15. The molecule has 0 aliphatic carbocycles. The van der Waals surface area contributed by atoms with Crippen LogP contribution >= 0.6 is 0 Å². The fourth-order valence-electron chi connectivity index (χ4n) is 2.68. The zero-order valence-corrected chi connectivity index (χ0v) is 11.7. The normalized spacial score (nSPS) is 19.7. The smallest absolute Gasteiger partial charge is 0.131 e. The quantitative estimate of drug-likeness (QED) is 0.874. The van der Waals surface area contributed by atoms with Crippen LogP contribution in [0.1, 0.15) is 44.2 Å². The summed E-state index contributed by atoms with van der Waals surface area (Å²) in [6.07, 6.45) is 5.53. The average Bonchev–Trinajstić information content (AvgIpc) is 2.50. The van der Waals surface area contributed by atoms with Gasteiger partial charge in [-0.15, -0.1) is 0 Å². The van der Waals surface area contributed by atoms with Crippen LogP contribution in [0.4, 0.5) is 5.82 Å². The van der Waals surface area contributed by atoms with E-state index in [2.05, 4.69) is 30.7 Å². The maximum Gasteiger partial charge on any atom is 0.131 e. The lowest BCUT2D eigenvalue weighted by atomic mass is 9.85. The first-order valence-corrected chi connectivity index (χ1v) is 6.83. The lowest BCUT2D eigenvalue weighted by Crippen LogP contribution is -2.26. The molecule has 0 spiro atoms. The Hall–Kier alpha value is -1.09. The van der Waals surface area contributed by atoms with Crippen molar-refractivity contribution < 1.29 is 5.11 Å². The molecule has 0 radical (unpaired) electrons. The van der Waals surface area contributed by atoms with Crippen molar-refractivity contribution in [2.24, 2.45) is 5.41 Å². The van der Waals surface area contributed by atoms with Crippen LogP contribution in [0.15, 0.2) is 12.3 Å². The van der Waals surface area contributed by atoms with Crippen molar-refractivity contribution in [2.45, 2.75) is 46.6 Å². The first-order chi connectivity index (χ1) is 8.52. The molecule has 1 aliphatic heterocycles. The third-order valence-corrected chi connectivity index (χ3v) is 3.93. The molecule has 0 amide bonds. The number of aliphatic hydroxyl groups is 1. The van der Waals surface area contributed by atoms with Crippen molar-refractivity contribution in [3.05, 3.63) is 23.4 Å².